The molecule has 2 radical (unpaired) electrons. The second kappa shape index (κ2) is 12.0. The molecule has 1 aliphatic rings. The highest BCUT2D eigenvalue weighted by atomic mass is 32.2. The summed E-state index contributed by atoms with van der Waals surface area (Å²) in [6.45, 7) is 11.3. The van der Waals surface area contributed by atoms with Crippen molar-refractivity contribution in [2.45, 2.75) is 75.9 Å². The van der Waals surface area contributed by atoms with Crippen LogP contribution in [0.15, 0.2) is 53.6 Å². The van der Waals surface area contributed by atoms with Crippen LogP contribution in [0.3, 0.4) is 0 Å². The number of amides is 1. The number of hydrogen-bond donors (Lipinski definition) is 3. The lowest BCUT2D eigenvalue weighted by molar-refractivity contribution is 0.0979. The van der Waals surface area contributed by atoms with E-state index in [0.717, 1.165) is 43.4 Å². The maximum Gasteiger partial charge on any atom is 0.266 e. The van der Waals surface area contributed by atoms with Crippen molar-refractivity contribution in [3.63, 3.8) is 0 Å². The number of nitrogens with one attached hydrogen (secondary N) is 3. The number of anilines is 1. The quantitative estimate of drug-likeness (QED) is 0.201. The summed E-state index contributed by atoms with van der Waals surface area (Å²) >= 11 is 1.03. The van der Waals surface area contributed by atoms with Crippen molar-refractivity contribution >= 4 is 37.1 Å². The average Bonchev–Trinajstić information content (AvgIpc) is 3.23. The first-order valence-corrected chi connectivity index (χ1v) is 14.1. The molecule has 0 bridgehead atoms. The van der Waals surface area contributed by atoms with Gasteiger partial charge in [0, 0.05) is 28.6 Å². The molecule has 1 saturated heterocycles. The monoisotopic (exact) mass is 546 g/mol. The Hall–Kier alpha value is -2.98. The minimum atomic E-state index is -0.790. The van der Waals surface area contributed by atoms with E-state index in [1.165, 1.54) is 6.07 Å². The smallest absolute Gasteiger partial charge is 0.266 e. The predicted molar refractivity (Wildman–Crippen MR) is 156 cm³/mol. The molecule has 1 fully saturated rings. The molecular weight excluding hydrogens is 510 g/mol. The number of halogens is 1. The van der Waals surface area contributed by atoms with Crippen molar-refractivity contribution in [2.75, 3.05) is 11.9 Å². The van der Waals surface area contributed by atoms with E-state index in [0.29, 0.717) is 28.0 Å². The van der Waals surface area contributed by atoms with Gasteiger partial charge in [0.1, 0.15) is 18.7 Å². The van der Waals surface area contributed by atoms with Gasteiger partial charge in [-0.05, 0) is 81.5 Å². The Morgan fingerprint density at radius 3 is 2.59 bits per heavy atom. The van der Waals surface area contributed by atoms with Crippen LogP contribution in [0.1, 0.15) is 81.7 Å². The number of aromatic nitrogens is 3. The van der Waals surface area contributed by atoms with E-state index in [4.69, 9.17) is 7.85 Å². The van der Waals surface area contributed by atoms with E-state index in [9.17, 15) is 9.18 Å². The lowest BCUT2D eigenvalue weighted by atomic mass is 9.91. The highest BCUT2D eigenvalue weighted by molar-refractivity contribution is 7.97. The van der Waals surface area contributed by atoms with Gasteiger partial charge in [-0.3, -0.25) is 14.5 Å². The minimum Gasteiger partial charge on any atom is -0.362 e. The molecule has 7 nitrogen and oxygen atoms in total. The SMILES string of the molecule is [B]c1cccc(C(CCC2CNC(C)(C)C2)Nc2cccc(SNC(=O)c3ccc(C(C)(C)C)nc3F)n2)n1. The van der Waals surface area contributed by atoms with E-state index < -0.39 is 11.9 Å². The summed E-state index contributed by atoms with van der Waals surface area (Å²) in [6.07, 6.45) is 3.03. The van der Waals surface area contributed by atoms with Crippen molar-refractivity contribution in [3.8, 4) is 0 Å². The van der Waals surface area contributed by atoms with Crippen LogP contribution in [0.5, 0.6) is 0 Å². The second-order valence-corrected chi connectivity index (χ2v) is 12.6. The predicted octanol–water partition coefficient (Wildman–Crippen LogP) is 4.86. The van der Waals surface area contributed by atoms with Crippen molar-refractivity contribution in [1.29, 1.82) is 0 Å². The number of hydrogen-bond acceptors (Lipinski definition) is 7. The number of rotatable bonds is 9. The molecule has 3 N–H and O–H groups in total. The zero-order valence-corrected chi connectivity index (χ0v) is 24.0. The van der Waals surface area contributed by atoms with Crippen molar-refractivity contribution < 1.29 is 9.18 Å². The molecule has 204 valence electrons. The van der Waals surface area contributed by atoms with Crippen LogP contribution < -0.4 is 20.9 Å². The molecule has 1 aliphatic heterocycles. The summed E-state index contributed by atoms with van der Waals surface area (Å²) in [6, 6.07) is 14.2. The van der Waals surface area contributed by atoms with Gasteiger partial charge >= 0.3 is 0 Å². The fourth-order valence-electron chi connectivity index (χ4n) is 4.76. The van der Waals surface area contributed by atoms with Gasteiger partial charge in [0.2, 0.25) is 5.95 Å². The Bertz CT molecular complexity index is 1310. The Morgan fingerprint density at radius 1 is 1.15 bits per heavy atom. The molecule has 10 heteroatoms. The van der Waals surface area contributed by atoms with Gasteiger partial charge in [-0.2, -0.15) is 4.39 Å². The first-order chi connectivity index (χ1) is 18.4. The molecule has 0 aromatic carbocycles. The van der Waals surface area contributed by atoms with Gasteiger partial charge in [0.05, 0.1) is 17.3 Å². The maximum absolute atomic E-state index is 14.6. The van der Waals surface area contributed by atoms with Crippen LogP contribution in [-0.2, 0) is 5.41 Å². The van der Waals surface area contributed by atoms with Crippen LogP contribution in [0.2, 0.25) is 0 Å². The molecule has 0 saturated carbocycles. The van der Waals surface area contributed by atoms with Crippen molar-refractivity contribution in [2.24, 2.45) is 5.92 Å². The van der Waals surface area contributed by atoms with Crippen LogP contribution in [0, 0.1) is 11.9 Å². The fourth-order valence-corrected chi connectivity index (χ4v) is 5.35. The molecule has 2 atom stereocenters. The van der Waals surface area contributed by atoms with Crippen LogP contribution in [0.4, 0.5) is 10.2 Å². The van der Waals surface area contributed by atoms with E-state index in [1.807, 2.05) is 45.0 Å². The molecule has 1 amide bonds. The summed E-state index contributed by atoms with van der Waals surface area (Å²) in [5.41, 5.74) is 1.65. The fraction of sp³-hybridized carbons (Fsp3) is 0.448. The lowest BCUT2D eigenvalue weighted by Crippen LogP contribution is -2.31. The van der Waals surface area contributed by atoms with Crippen LogP contribution in [-0.4, -0.2) is 40.8 Å². The van der Waals surface area contributed by atoms with Crippen LogP contribution >= 0.6 is 11.9 Å². The first kappa shape index (κ1) is 29.0. The van der Waals surface area contributed by atoms with E-state index in [-0.39, 0.29) is 22.6 Å². The number of carbonyl (C=O) groups is 1. The maximum atomic E-state index is 14.6. The highest BCUT2D eigenvalue weighted by Crippen LogP contribution is 2.31. The molecular formula is C29H36BFN6OS. The summed E-state index contributed by atoms with van der Waals surface area (Å²) < 4.78 is 17.2. The summed E-state index contributed by atoms with van der Waals surface area (Å²) in [5.74, 6) is -0.124. The van der Waals surface area contributed by atoms with E-state index in [1.54, 1.807) is 18.2 Å². The minimum absolute atomic E-state index is 0.0824. The Morgan fingerprint density at radius 2 is 1.92 bits per heavy atom. The third-order valence-electron chi connectivity index (χ3n) is 6.84. The molecule has 3 aromatic heterocycles. The molecule has 39 heavy (non-hydrogen) atoms. The molecule has 2 unspecified atom stereocenters. The van der Waals surface area contributed by atoms with E-state index >= 15 is 0 Å². The molecule has 0 aliphatic carbocycles. The Labute approximate surface area is 236 Å². The normalized spacial score (nSPS) is 17.5. The van der Waals surface area contributed by atoms with Crippen LogP contribution in [0.25, 0.3) is 0 Å². The van der Waals surface area contributed by atoms with Crippen molar-refractivity contribution in [1.82, 2.24) is 25.0 Å². The number of nitrogens with zero attached hydrogens (tertiary/aromatic N) is 3. The lowest BCUT2D eigenvalue weighted by Gasteiger charge is -2.22. The third kappa shape index (κ3) is 8.02. The zero-order valence-electron chi connectivity index (χ0n) is 23.2. The molecule has 0 spiro atoms. The van der Waals surface area contributed by atoms with E-state index in [2.05, 4.69) is 44.2 Å². The first-order valence-electron chi connectivity index (χ1n) is 13.2. The molecule has 4 heterocycles. The third-order valence-corrected chi connectivity index (χ3v) is 7.56. The Kier molecular flexibility index (Phi) is 8.96. The Balaban J connectivity index is 1.42. The largest absolute Gasteiger partial charge is 0.362 e. The van der Waals surface area contributed by atoms with Crippen molar-refractivity contribution in [3.05, 3.63) is 71.4 Å². The van der Waals surface area contributed by atoms with Gasteiger partial charge in [0.25, 0.3) is 5.91 Å². The topological polar surface area (TPSA) is 91.8 Å². The van der Waals surface area contributed by atoms with Gasteiger partial charge in [0.15, 0.2) is 0 Å². The number of carbonyl (C=O) groups excluding carboxylic acids is 1. The highest BCUT2D eigenvalue weighted by Gasteiger charge is 2.30. The van der Waals surface area contributed by atoms with Gasteiger partial charge in [-0.15, -0.1) is 0 Å². The summed E-state index contributed by atoms with van der Waals surface area (Å²) in [7, 11) is 5.98. The van der Waals surface area contributed by atoms with Gasteiger partial charge < -0.3 is 10.6 Å². The van der Waals surface area contributed by atoms with Gasteiger partial charge in [-0.1, -0.05) is 39.0 Å². The number of pyridine rings is 3. The molecule has 4 rings (SSSR count). The van der Waals surface area contributed by atoms with Gasteiger partial charge in [-0.25, -0.2) is 9.97 Å². The summed E-state index contributed by atoms with van der Waals surface area (Å²) in [5, 5.41) is 7.66. The molecule has 3 aromatic rings. The average molecular weight is 547 g/mol. The standard InChI is InChI=1S/C29H36BFN6OS/c1-28(2,3)22-15-13-19(26(31)35-22)27(38)37-39-25-11-7-10-24(36-25)34-21(20-8-6-9-23(30)33-20)14-12-18-16-29(4,5)32-17-18/h6-11,13,15,18,21,32H,12,14,16-17H2,1-5H3,(H,34,36)(H,37,38). The summed E-state index contributed by atoms with van der Waals surface area (Å²) in [4.78, 5) is 25.8. The zero-order chi connectivity index (χ0) is 28.2. The second-order valence-electron chi connectivity index (χ2n) is 11.8.